The zero-order chi connectivity index (χ0) is 63.7. The molecule has 468 valence electrons. The van der Waals surface area contributed by atoms with Gasteiger partial charge in [0.15, 0.2) is 5.60 Å². The van der Waals surface area contributed by atoms with E-state index in [1.807, 2.05) is 79.7 Å². The van der Waals surface area contributed by atoms with Gasteiger partial charge in [0.05, 0.1) is 32.5 Å². The number of methoxy groups -OCH3 is 3. The molecule has 3 aliphatic carbocycles. The number of amides is 1. The van der Waals surface area contributed by atoms with Crippen LogP contribution in [0.25, 0.3) is 50.2 Å². The third-order valence-corrected chi connectivity index (χ3v) is 19.4. The fourth-order valence-corrected chi connectivity index (χ4v) is 14.5. The summed E-state index contributed by atoms with van der Waals surface area (Å²) in [5, 5.41) is 3.79. The molecule has 0 spiro atoms. The highest BCUT2D eigenvalue weighted by atomic mass is 19.4. The maximum atomic E-state index is 15.2. The first kappa shape index (κ1) is 63.3. The molecule has 1 heterocycles. The van der Waals surface area contributed by atoms with Crippen molar-refractivity contribution in [1.29, 1.82) is 0 Å². The normalized spacial score (nSPS) is 19.9. The molecule has 1 N–H and O–H groups in total. The smallest absolute Gasteiger partial charge is 0.416 e. The van der Waals surface area contributed by atoms with Gasteiger partial charge in [-0.3, -0.25) is 4.79 Å². The predicted molar refractivity (Wildman–Crippen MR) is 346 cm³/mol. The molecule has 0 aromatic heterocycles. The zero-order valence-corrected chi connectivity index (χ0v) is 52.1. The second kappa shape index (κ2) is 25.9. The summed E-state index contributed by atoms with van der Waals surface area (Å²) in [4.78, 5) is 24.6. The molecular formula is C77H77F6NO6. The number of benzene rings is 8. The first-order valence-electron chi connectivity index (χ1n) is 31.4. The summed E-state index contributed by atoms with van der Waals surface area (Å²) < 4.78 is 114. The monoisotopic (exact) mass is 1230 g/mol. The van der Waals surface area contributed by atoms with Crippen molar-refractivity contribution in [3.63, 3.8) is 0 Å². The number of nitrogens with one attached hydrogen (secondary N) is 1. The summed E-state index contributed by atoms with van der Waals surface area (Å²) in [7, 11) is 4.76. The van der Waals surface area contributed by atoms with E-state index in [4.69, 9.17) is 18.9 Å². The number of fused-ring (bicyclic) bond motifs is 8. The molecule has 90 heavy (non-hydrogen) atoms. The van der Waals surface area contributed by atoms with Gasteiger partial charge < -0.3 is 29.1 Å². The number of aldehydes is 1. The molecule has 0 saturated heterocycles. The molecule has 1 atom stereocenters. The molecule has 1 unspecified atom stereocenters. The van der Waals surface area contributed by atoms with Gasteiger partial charge in [0.1, 0.15) is 29.3 Å². The molecule has 13 heteroatoms. The number of alkyl halides is 6. The SMILES string of the molecule is CCCCCC1CCC(c2ccc(-c3ccc(OC)cc3)cc2)CC1.COc1ccc(C2(c3ccccc3)C=Cc3c4c(c5cc(-c6ccc(NC(=O)C7CCC(C=O)CC7)cc6C)c(OC)cc5c3O2)-c2cc(C(F)(F)F)cc(C(F)(F)F)c2C4(C)C)cc1. The van der Waals surface area contributed by atoms with E-state index in [1.165, 1.54) is 75.2 Å². The molecule has 0 bridgehead atoms. The van der Waals surface area contributed by atoms with Crippen molar-refractivity contribution in [3.05, 3.63) is 202 Å². The number of hydrogen-bond donors (Lipinski definition) is 1. The van der Waals surface area contributed by atoms with Crippen LogP contribution in [0.3, 0.4) is 0 Å². The minimum atomic E-state index is -5.12. The summed E-state index contributed by atoms with van der Waals surface area (Å²) >= 11 is 0. The lowest BCUT2D eigenvalue weighted by atomic mass is 9.75. The van der Waals surface area contributed by atoms with Gasteiger partial charge in [-0.2, -0.15) is 26.3 Å². The Labute approximate surface area is 523 Å². The first-order chi connectivity index (χ1) is 43.2. The second-order valence-corrected chi connectivity index (χ2v) is 25.3. The quantitative estimate of drug-likeness (QED) is 0.0626. The van der Waals surface area contributed by atoms with E-state index in [0.29, 0.717) is 81.6 Å². The number of halogens is 6. The number of hydrogen-bond acceptors (Lipinski definition) is 6. The van der Waals surface area contributed by atoms with Crippen molar-refractivity contribution in [2.45, 2.75) is 134 Å². The van der Waals surface area contributed by atoms with Gasteiger partial charge in [-0.25, -0.2) is 0 Å². The van der Waals surface area contributed by atoms with Crippen LogP contribution in [0.1, 0.15) is 154 Å². The summed E-state index contributed by atoms with van der Waals surface area (Å²) in [5.41, 5.74) is 3.11. The fourth-order valence-electron chi connectivity index (χ4n) is 14.5. The van der Waals surface area contributed by atoms with Crippen LogP contribution in [0.2, 0.25) is 0 Å². The molecule has 2 saturated carbocycles. The van der Waals surface area contributed by atoms with Crippen LogP contribution in [-0.2, 0) is 33.0 Å². The molecule has 2 fully saturated rings. The van der Waals surface area contributed by atoms with Crippen LogP contribution in [-0.4, -0.2) is 33.5 Å². The van der Waals surface area contributed by atoms with Gasteiger partial charge in [0, 0.05) is 50.6 Å². The fraction of sp³-hybridized carbons (Fsp3) is 0.351. The molecule has 8 aromatic carbocycles. The van der Waals surface area contributed by atoms with Gasteiger partial charge in [0.2, 0.25) is 5.91 Å². The van der Waals surface area contributed by atoms with Crippen molar-refractivity contribution >= 4 is 34.7 Å². The van der Waals surface area contributed by atoms with Crippen molar-refractivity contribution in [2.75, 3.05) is 26.6 Å². The molecule has 8 aromatic rings. The first-order valence-corrected chi connectivity index (χ1v) is 31.4. The average Bonchev–Trinajstić information content (AvgIpc) is 1.48. The molecule has 1 aliphatic heterocycles. The molecule has 0 radical (unpaired) electrons. The molecule has 12 rings (SSSR count). The number of anilines is 1. The standard InChI is InChI=1S/C53H45F6NO5.C24H32O/c1-29-23-35(60-49(62)31-13-11-30(28-61)12-14-31)17-20-37(29)39-26-40-41(27-44(39)64-5)48-38(21-22-51(65-48,32-9-7-6-8-10-32)33-15-18-36(63-4)19-16-33)47-45(40)42-24-34(52(54,55)56)25-43(53(57,58)59)46(42)50(47,2)3;1-3-4-5-6-19-7-9-20(10-8-19)21-11-13-22(14-12-21)23-15-17-24(25-2)18-16-23/h6-10,15-28,30-31H,11-14H2,1-5H3,(H,60,62);11-20H,3-10H2,1-2H3. The van der Waals surface area contributed by atoms with E-state index in [-0.39, 0.29) is 40.5 Å². The molecular weight excluding hydrogens is 1150 g/mol. The number of unbranched alkanes of at least 4 members (excludes halogenated alkanes) is 2. The highest BCUT2D eigenvalue weighted by Gasteiger charge is 2.50. The predicted octanol–water partition coefficient (Wildman–Crippen LogP) is 20.7. The molecule has 7 nitrogen and oxygen atoms in total. The average molecular weight is 1230 g/mol. The topological polar surface area (TPSA) is 83.1 Å². The Morgan fingerprint density at radius 2 is 1.28 bits per heavy atom. The van der Waals surface area contributed by atoms with Crippen molar-refractivity contribution in [3.8, 4) is 56.4 Å². The number of ether oxygens (including phenoxy) is 4. The van der Waals surface area contributed by atoms with Gasteiger partial charge >= 0.3 is 12.4 Å². The van der Waals surface area contributed by atoms with E-state index in [9.17, 15) is 22.8 Å². The minimum Gasteiger partial charge on any atom is -0.497 e. The van der Waals surface area contributed by atoms with Crippen LogP contribution >= 0.6 is 0 Å². The maximum absolute atomic E-state index is 15.2. The van der Waals surface area contributed by atoms with E-state index >= 15 is 13.2 Å². The number of carbonyl (C=O) groups is 2. The Bertz CT molecular complexity index is 3930. The van der Waals surface area contributed by atoms with E-state index in [0.717, 1.165) is 46.6 Å². The zero-order valence-electron chi connectivity index (χ0n) is 52.1. The largest absolute Gasteiger partial charge is 0.497 e. The molecule has 1 amide bonds. The highest BCUT2D eigenvalue weighted by molar-refractivity contribution is 6.11. The maximum Gasteiger partial charge on any atom is 0.416 e. The van der Waals surface area contributed by atoms with Crippen LogP contribution in [0.5, 0.6) is 23.0 Å². The highest BCUT2D eigenvalue weighted by Crippen LogP contribution is 2.62. The van der Waals surface area contributed by atoms with E-state index < -0.39 is 34.5 Å². The number of aryl methyl sites for hydroxylation is 1. The van der Waals surface area contributed by atoms with Gasteiger partial charge in [0.25, 0.3) is 0 Å². The van der Waals surface area contributed by atoms with E-state index in [2.05, 4.69) is 48.6 Å². The Balaban J connectivity index is 0.000000278. The van der Waals surface area contributed by atoms with Gasteiger partial charge in [-0.05, 0) is 192 Å². The van der Waals surface area contributed by atoms with Crippen LogP contribution in [0.4, 0.5) is 32.0 Å². The summed E-state index contributed by atoms with van der Waals surface area (Å²) in [6.45, 7) is 7.37. The second-order valence-electron chi connectivity index (χ2n) is 25.3. The lowest BCUT2D eigenvalue weighted by Gasteiger charge is -2.38. The third-order valence-electron chi connectivity index (χ3n) is 19.4. The molecule has 4 aliphatic rings. The number of carbonyl (C=O) groups excluding carboxylic acids is 2. The van der Waals surface area contributed by atoms with Crippen LogP contribution < -0.4 is 24.3 Å². The third kappa shape index (κ3) is 12.5. The Kier molecular flexibility index (Phi) is 18.2. The summed E-state index contributed by atoms with van der Waals surface area (Å²) in [5.74, 6) is 3.56. The lowest BCUT2D eigenvalue weighted by Crippen LogP contribution is -2.35. The van der Waals surface area contributed by atoms with Crippen LogP contribution in [0, 0.1) is 24.7 Å². The number of rotatable bonds is 15. The van der Waals surface area contributed by atoms with Gasteiger partial charge in [-0.1, -0.05) is 137 Å². The Morgan fingerprint density at radius 1 is 0.644 bits per heavy atom. The summed E-state index contributed by atoms with van der Waals surface area (Å²) in [6, 6.07) is 44.3. The van der Waals surface area contributed by atoms with Gasteiger partial charge in [-0.15, -0.1) is 0 Å². The Hall–Kier alpha value is -8.32. The Morgan fingerprint density at radius 3 is 1.87 bits per heavy atom. The van der Waals surface area contributed by atoms with Crippen molar-refractivity contribution in [1.82, 2.24) is 0 Å². The van der Waals surface area contributed by atoms with Crippen LogP contribution in [0.15, 0.2) is 152 Å². The summed E-state index contributed by atoms with van der Waals surface area (Å²) in [6.07, 6.45) is 8.15. The lowest BCUT2D eigenvalue weighted by molar-refractivity contribution is -0.143. The van der Waals surface area contributed by atoms with Crippen molar-refractivity contribution in [2.24, 2.45) is 17.8 Å². The van der Waals surface area contributed by atoms with Crippen molar-refractivity contribution < 1.29 is 54.9 Å². The minimum absolute atomic E-state index is 0.0370. The van der Waals surface area contributed by atoms with E-state index in [1.54, 1.807) is 64.5 Å².